The highest BCUT2D eigenvalue weighted by Gasteiger charge is 2.25. The van der Waals surface area contributed by atoms with Gasteiger partial charge in [-0.1, -0.05) is 0 Å². The Morgan fingerprint density at radius 3 is 1.27 bits per heavy atom. The lowest BCUT2D eigenvalue weighted by molar-refractivity contribution is 0.605. The molecule has 22 heavy (non-hydrogen) atoms. The Labute approximate surface area is 130 Å². The maximum absolute atomic E-state index is 6.16. The zero-order chi connectivity index (χ0) is 16.0. The normalized spacial score (nSPS) is 15.6. The molecule has 8 nitrogen and oxygen atoms in total. The average molecular weight is 304 g/mol. The summed E-state index contributed by atoms with van der Waals surface area (Å²) in [6.45, 7) is 7.40. The van der Waals surface area contributed by atoms with Gasteiger partial charge in [-0.2, -0.15) is 10.2 Å². The van der Waals surface area contributed by atoms with Crippen LogP contribution in [0.4, 0.5) is 23.0 Å². The summed E-state index contributed by atoms with van der Waals surface area (Å²) >= 11 is 0. The summed E-state index contributed by atoms with van der Waals surface area (Å²) in [6, 6.07) is 0. The van der Waals surface area contributed by atoms with Gasteiger partial charge in [0.15, 0.2) is 11.6 Å². The second-order valence-corrected chi connectivity index (χ2v) is 5.87. The van der Waals surface area contributed by atoms with Gasteiger partial charge in [0.25, 0.3) is 0 Å². The molecule has 0 aliphatic carbocycles. The third kappa shape index (κ3) is 2.15. The van der Waals surface area contributed by atoms with Crippen molar-refractivity contribution in [3.63, 3.8) is 0 Å². The molecule has 0 spiro atoms. The number of nitrogens with zero attached hydrogens (tertiary/aromatic N) is 6. The van der Waals surface area contributed by atoms with Crippen molar-refractivity contribution in [2.45, 2.75) is 13.8 Å². The molecule has 2 aromatic heterocycles. The van der Waals surface area contributed by atoms with Crippen LogP contribution in [-0.4, -0.2) is 45.7 Å². The van der Waals surface area contributed by atoms with E-state index in [-0.39, 0.29) is 0 Å². The van der Waals surface area contributed by atoms with Crippen LogP contribution in [0.15, 0.2) is 0 Å². The molecule has 0 atom stereocenters. The van der Waals surface area contributed by atoms with Crippen LogP contribution < -0.4 is 21.3 Å². The zero-order valence-electron chi connectivity index (χ0n) is 13.7. The maximum atomic E-state index is 6.16. The first-order chi connectivity index (χ1) is 10.4. The van der Waals surface area contributed by atoms with E-state index in [9.17, 15) is 0 Å². The van der Waals surface area contributed by atoms with Crippen LogP contribution in [0, 0.1) is 13.8 Å². The van der Waals surface area contributed by atoms with Gasteiger partial charge in [-0.15, -0.1) is 0 Å². The van der Waals surface area contributed by atoms with Crippen LogP contribution in [0.5, 0.6) is 0 Å². The molecule has 0 radical (unpaired) electrons. The van der Waals surface area contributed by atoms with E-state index in [1.165, 1.54) is 0 Å². The van der Waals surface area contributed by atoms with E-state index in [2.05, 4.69) is 20.0 Å². The Balaban J connectivity index is 1.78. The van der Waals surface area contributed by atoms with Crippen molar-refractivity contribution < 1.29 is 0 Å². The number of hydrogen-bond acceptors (Lipinski definition) is 6. The Bertz CT molecular complexity index is 630. The molecular formula is C14H24N8. The Hall–Kier alpha value is -2.38. The number of nitrogens with two attached hydrogens (primary N) is 2. The van der Waals surface area contributed by atoms with Gasteiger partial charge in [-0.3, -0.25) is 9.36 Å². The van der Waals surface area contributed by atoms with E-state index >= 15 is 0 Å². The van der Waals surface area contributed by atoms with Gasteiger partial charge in [-0.25, -0.2) is 0 Å². The quantitative estimate of drug-likeness (QED) is 0.826. The molecule has 1 aliphatic heterocycles. The third-order valence-electron chi connectivity index (χ3n) is 4.35. The van der Waals surface area contributed by atoms with E-state index in [0.717, 1.165) is 60.6 Å². The SMILES string of the molecule is Cc1nn(C)c(N2CCN(c3c(N)c(C)nn3C)CC2)c1N. The second-order valence-electron chi connectivity index (χ2n) is 5.87. The molecule has 1 aliphatic rings. The first-order valence-corrected chi connectivity index (χ1v) is 7.48. The lowest BCUT2D eigenvalue weighted by Gasteiger charge is -2.37. The van der Waals surface area contributed by atoms with Gasteiger partial charge in [0, 0.05) is 40.3 Å². The summed E-state index contributed by atoms with van der Waals surface area (Å²) in [6.07, 6.45) is 0. The predicted molar refractivity (Wildman–Crippen MR) is 89.1 cm³/mol. The number of anilines is 4. The molecule has 0 unspecified atom stereocenters. The molecule has 3 heterocycles. The van der Waals surface area contributed by atoms with E-state index in [4.69, 9.17) is 11.5 Å². The highest BCUT2D eigenvalue weighted by Crippen LogP contribution is 2.30. The van der Waals surface area contributed by atoms with Gasteiger partial charge in [-0.05, 0) is 13.8 Å². The maximum Gasteiger partial charge on any atom is 0.150 e. The highest BCUT2D eigenvalue weighted by molar-refractivity contribution is 5.69. The molecule has 1 fully saturated rings. The van der Waals surface area contributed by atoms with Crippen LogP contribution in [0.2, 0.25) is 0 Å². The van der Waals surface area contributed by atoms with Crippen molar-refractivity contribution in [3.05, 3.63) is 11.4 Å². The lowest BCUT2D eigenvalue weighted by atomic mass is 10.2. The fraction of sp³-hybridized carbons (Fsp3) is 0.571. The largest absolute Gasteiger partial charge is 0.394 e. The molecular weight excluding hydrogens is 280 g/mol. The molecule has 0 aromatic carbocycles. The Morgan fingerprint density at radius 2 is 1.05 bits per heavy atom. The van der Waals surface area contributed by atoms with E-state index in [1.807, 2.05) is 37.3 Å². The number of nitrogen functional groups attached to an aromatic ring is 2. The fourth-order valence-corrected chi connectivity index (χ4v) is 3.20. The smallest absolute Gasteiger partial charge is 0.150 e. The molecule has 0 amide bonds. The van der Waals surface area contributed by atoms with Crippen molar-refractivity contribution in [1.82, 2.24) is 19.6 Å². The number of aryl methyl sites for hydroxylation is 4. The average Bonchev–Trinajstić information content (AvgIpc) is 2.87. The minimum atomic E-state index is 0.770. The van der Waals surface area contributed by atoms with E-state index in [0.29, 0.717) is 0 Å². The second kappa shape index (κ2) is 5.11. The zero-order valence-corrected chi connectivity index (χ0v) is 13.7. The van der Waals surface area contributed by atoms with E-state index in [1.54, 1.807) is 0 Å². The number of aromatic nitrogens is 4. The van der Waals surface area contributed by atoms with Crippen LogP contribution in [0.3, 0.4) is 0 Å². The minimum Gasteiger partial charge on any atom is -0.394 e. The molecule has 3 rings (SSSR count). The molecule has 4 N–H and O–H groups in total. The number of hydrogen-bond donors (Lipinski definition) is 2. The van der Waals surface area contributed by atoms with Gasteiger partial charge in [0.2, 0.25) is 0 Å². The van der Waals surface area contributed by atoms with Crippen LogP contribution in [0.1, 0.15) is 11.4 Å². The molecule has 0 bridgehead atoms. The summed E-state index contributed by atoms with van der Waals surface area (Å²) in [4.78, 5) is 4.57. The monoisotopic (exact) mass is 304 g/mol. The van der Waals surface area contributed by atoms with Gasteiger partial charge >= 0.3 is 0 Å². The van der Waals surface area contributed by atoms with Gasteiger partial charge in [0.05, 0.1) is 22.8 Å². The van der Waals surface area contributed by atoms with Crippen LogP contribution >= 0.6 is 0 Å². The number of piperazine rings is 1. The lowest BCUT2D eigenvalue weighted by Crippen LogP contribution is -2.48. The van der Waals surface area contributed by atoms with Crippen molar-refractivity contribution in [1.29, 1.82) is 0 Å². The van der Waals surface area contributed by atoms with Crippen LogP contribution in [-0.2, 0) is 14.1 Å². The molecule has 0 saturated carbocycles. The van der Waals surface area contributed by atoms with Crippen molar-refractivity contribution in [2.75, 3.05) is 47.4 Å². The van der Waals surface area contributed by atoms with Gasteiger partial charge in [0.1, 0.15) is 0 Å². The van der Waals surface area contributed by atoms with Crippen LogP contribution in [0.25, 0.3) is 0 Å². The summed E-state index contributed by atoms with van der Waals surface area (Å²) in [7, 11) is 3.88. The van der Waals surface area contributed by atoms with Gasteiger partial charge < -0.3 is 21.3 Å². The summed E-state index contributed by atoms with van der Waals surface area (Å²) in [5.74, 6) is 2.01. The summed E-state index contributed by atoms with van der Waals surface area (Å²) in [5, 5.41) is 8.79. The first-order valence-electron chi connectivity index (χ1n) is 7.48. The Kier molecular flexibility index (Phi) is 3.38. The highest BCUT2D eigenvalue weighted by atomic mass is 15.4. The first kappa shape index (κ1) is 14.6. The topological polar surface area (TPSA) is 94.2 Å². The summed E-state index contributed by atoms with van der Waals surface area (Å²) < 4.78 is 3.73. The molecule has 1 saturated heterocycles. The van der Waals surface area contributed by atoms with Crippen molar-refractivity contribution in [2.24, 2.45) is 14.1 Å². The standard InChI is InChI=1S/C14H24N8/c1-9-11(15)13(19(3)17-9)21-5-7-22(8-6-21)14-12(16)10(2)18-20(14)4/h5-8,15-16H2,1-4H3. The summed E-state index contributed by atoms with van der Waals surface area (Å²) in [5.41, 5.74) is 15.6. The third-order valence-corrected chi connectivity index (χ3v) is 4.35. The minimum absolute atomic E-state index is 0.770. The van der Waals surface area contributed by atoms with E-state index < -0.39 is 0 Å². The molecule has 8 heteroatoms. The Morgan fingerprint density at radius 1 is 0.727 bits per heavy atom. The van der Waals surface area contributed by atoms with Crippen molar-refractivity contribution in [3.8, 4) is 0 Å². The predicted octanol–water partition coefficient (Wildman–Crippen LogP) is 0.261. The molecule has 2 aromatic rings. The number of rotatable bonds is 2. The van der Waals surface area contributed by atoms with Crippen molar-refractivity contribution >= 4 is 23.0 Å². The molecule has 120 valence electrons. The fourth-order valence-electron chi connectivity index (χ4n) is 3.20.